The molecule has 1 saturated carbocycles. The lowest BCUT2D eigenvalue weighted by molar-refractivity contribution is -0.137. The molecule has 1 atom stereocenters. The average Bonchev–Trinajstić information content (AvgIpc) is 3.49. The van der Waals surface area contributed by atoms with Crippen molar-refractivity contribution in [2.75, 3.05) is 11.9 Å². The van der Waals surface area contributed by atoms with Crippen LogP contribution in [0.4, 0.5) is 5.69 Å². The van der Waals surface area contributed by atoms with Gasteiger partial charge in [0.15, 0.2) is 0 Å². The molecule has 0 spiro atoms. The van der Waals surface area contributed by atoms with Crippen molar-refractivity contribution in [3.05, 3.63) is 65.2 Å². The molecule has 1 fully saturated rings. The molecule has 136 valence electrons. The highest BCUT2D eigenvalue weighted by atomic mass is 16.3. The number of carbonyl (C=O) groups is 2. The van der Waals surface area contributed by atoms with Crippen molar-refractivity contribution >= 4 is 17.5 Å². The maximum atomic E-state index is 12.2. The van der Waals surface area contributed by atoms with Gasteiger partial charge in [0.2, 0.25) is 0 Å². The van der Waals surface area contributed by atoms with E-state index in [1.807, 2.05) is 56.3 Å². The maximum Gasteiger partial charge on any atom is 0.313 e. The van der Waals surface area contributed by atoms with Crippen LogP contribution in [0.15, 0.2) is 48.5 Å². The van der Waals surface area contributed by atoms with E-state index in [1.165, 1.54) is 0 Å². The smallest absolute Gasteiger partial charge is 0.313 e. The molecule has 1 aliphatic carbocycles. The van der Waals surface area contributed by atoms with Gasteiger partial charge in [-0.3, -0.25) is 9.59 Å². The average molecular weight is 352 g/mol. The Morgan fingerprint density at radius 1 is 1.04 bits per heavy atom. The molecule has 0 radical (unpaired) electrons. The maximum absolute atomic E-state index is 12.2. The summed E-state index contributed by atoms with van der Waals surface area (Å²) in [7, 11) is 0. The van der Waals surface area contributed by atoms with E-state index < -0.39 is 17.4 Å². The topological polar surface area (TPSA) is 78.4 Å². The Morgan fingerprint density at radius 2 is 1.73 bits per heavy atom. The molecule has 2 aromatic rings. The van der Waals surface area contributed by atoms with Crippen LogP contribution in [-0.2, 0) is 15.2 Å². The first-order valence-electron chi connectivity index (χ1n) is 8.84. The molecule has 2 amide bonds. The largest absolute Gasteiger partial charge is 0.383 e. The third kappa shape index (κ3) is 3.94. The summed E-state index contributed by atoms with van der Waals surface area (Å²) < 4.78 is 0. The van der Waals surface area contributed by atoms with Crippen LogP contribution in [0.25, 0.3) is 0 Å². The first-order chi connectivity index (χ1) is 12.4. The highest BCUT2D eigenvalue weighted by molar-refractivity contribution is 6.39. The first-order valence-corrected chi connectivity index (χ1v) is 8.84. The molecule has 0 aromatic heterocycles. The first kappa shape index (κ1) is 18.1. The van der Waals surface area contributed by atoms with Crippen LogP contribution in [0.2, 0.25) is 0 Å². The minimum atomic E-state index is -1.14. The van der Waals surface area contributed by atoms with Gasteiger partial charge in [-0.05, 0) is 61.4 Å². The van der Waals surface area contributed by atoms with E-state index in [2.05, 4.69) is 10.6 Å². The van der Waals surface area contributed by atoms with E-state index in [0.717, 1.165) is 29.5 Å². The van der Waals surface area contributed by atoms with Crippen LogP contribution >= 0.6 is 0 Å². The zero-order valence-corrected chi connectivity index (χ0v) is 15.1. The normalized spacial score (nSPS) is 15.8. The molecule has 2 aromatic carbocycles. The Kier molecular flexibility index (Phi) is 5.09. The zero-order valence-electron chi connectivity index (χ0n) is 15.1. The summed E-state index contributed by atoms with van der Waals surface area (Å²) in [4.78, 5) is 24.3. The molecule has 0 aliphatic heterocycles. The Labute approximate surface area is 153 Å². The summed E-state index contributed by atoms with van der Waals surface area (Å²) >= 11 is 0. The predicted octanol–water partition coefficient (Wildman–Crippen LogP) is 2.66. The van der Waals surface area contributed by atoms with Crippen molar-refractivity contribution in [1.82, 2.24) is 5.32 Å². The second-order valence-electron chi connectivity index (χ2n) is 7.00. The molecular formula is C21H24N2O3. The summed E-state index contributed by atoms with van der Waals surface area (Å²) in [5.74, 6) is -1.38. The number of carbonyl (C=O) groups excluding carboxylic acids is 2. The number of anilines is 1. The van der Waals surface area contributed by atoms with E-state index in [-0.39, 0.29) is 12.5 Å². The van der Waals surface area contributed by atoms with Gasteiger partial charge < -0.3 is 15.7 Å². The lowest BCUT2D eigenvalue weighted by atomic mass is 9.88. The SMILES string of the molecule is Cc1ccc(NC(=O)C(=O)NCC(O)(c2ccccc2)C2CC2)cc1C. The van der Waals surface area contributed by atoms with Crippen LogP contribution in [0.3, 0.4) is 0 Å². The Balaban J connectivity index is 1.63. The Hall–Kier alpha value is -2.66. The van der Waals surface area contributed by atoms with Crippen molar-refractivity contribution in [2.45, 2.75) is 32.3 Å². The summed E-state index contributed by atoms with van der Waals surface area (Å²) in [5, 5.41) is 16.2. The molecule has 0 heterocycles. The number of amides is 2. The fraction of sp³-hybridized carbons (Fsp3) is 0.333. The van der Waals surface area contributed by atoms with Crippen LogP contribution < -0.4 is 10.6 Å². The molecule has 0 saturated heterocycles. The van der Waals surface area contributed by atoms with Crippen LogP contribution in [-0.4, -0.2) is 23.5 Å². The molecule has 3 rings (SSSR count). The highest BCUT2D eigenvalue weighted by Gasteiger charge is 2.45. The second kappa shape index (κ2) is 7.30. The monoisotopic (exact) mass is 352 g/mol. The number of aryl methyl sites for hydroxylation is 2. The summed E-state index contributed by atoms with van der Waals surface area (Å²) in [6.07, 6.45) is 1.83. The van der Waals surface area contributed by atoms with Gasteiger partial charge >= 0.3 is 11.8 Å². The molecule has 1 aliphatic rings. The summed E-state index contributed by atoms with van der Waals surface area (Å²) in [6, 6.07) is 14.8. The lowest BCUT2D eigenvalue weighted by Gasteiger charge is -2.29. The van der Waals surface area contributed by atoms with E-state index in [4.69, 9.17) is 0 Å². The van der Waals surface area contributed by atoms with Crippen molar-refractivity contribution < 1.29 is 14.7 Å². The highest BCUT2D eigenvalue weighted by Crippen LogP contribution is 2.45. The van der Waals surface area contributed by atoms with E-state index in [0.29, 0.717) is 5.69 Å². The van der Waals surface area contributed by atoms with Crippen LogP contribution in [0, 0.1) is 19.8 Å². The number of nitrogens with one attached hydrogen (secondary N) is 2. The van der Waals surface area contributed by atoms with E-state index in [9.17, 15) is 14.7 Å². The van der Waals surface area contributed by atoms with Crippen molar-refractivity contribution in [3.63, 3.8) is 0 Å². The van der Waals surface area contributed by atoms with Crippen LogP contribution in [0.5, 0.6) is 0 Å². The number of benzene rings is 2. The number of hydrogen-bond acceptors (Lipinski definition) is 3. The lowest BCUT2D eigenvalue weighted by Crippen LogP contribution is -2.45. The molecule has 3 N–H and O–H groups in total. The minimum absolute atomic E-state index is 0.0147. The summed E-state index contributed by atoms with van der Waals surface area (Å²) in [5.41, 5.74) is 2.35. The predicted molar refractivity (Wildman–Crippen MR) is 101 cm³/mol. The van der Waals surface area contributed by atoms with Gasteiger partial charge in [-0.1, -0.05) is 36.4 Å². The van der Waals surface area contributed by atoms with Gasteiger partial charge in [0, 0.05) is 5.69 Å². The van der Waals surface area contributed by atoms with Crippen molar-refractivity contribution in [3.8, 4) is 0 Å². The molecule has 0 bridgehead atoms. The van der Waals surface area contributed by atoms with Crippen molar-refractivity contribution in [2.24, 2.45) is 5.92 Å². The third-order valence-corrected chi connectivity index (χ3v) is 5.02. The number of hydrogen-bond donors (Lipinski definition) is 3. The third-order valence-electron chi connectivity index (χ3n) is 5.02. The number of aliphatic hydroxyl groups is 1. The van der Waals surface area contributed by atoms with Gasteiger partial charge in [0.1, 0.15) is 5.60 Å². The zero-order chi connectivity index (χ0) is 18.7. The number of rotatable bonds is 5. The summed E-state index contributed by atoms with van der Waals surface area (Å²) in [6.45, 7) is 3.94. The molecular weight excluding hydrogens is 328 g/mol. The molecule has 1 unspecified atom stereocenters. The van der Waals surface area contributed by atoms with Crippen molar-refractivity contribution in [1.29, 1.82) is 0 Å². The fourth-order valence-corrected chi connectivity index (χ4v) is 3.07. The minimum Gasteiger partial charge on any atom is -0.383 e. The Bertz CT molecular complexity index is 815. The van der Waals surface area contributed by atoms with Gasteiger partial charge in [-0.2, -0.15) is 0 Å². The van der Waals surface area contributed by atoms with Crippen LogP contribution in [0.1, 0.15) is 29.5 Å². The molecule has 26 heavy (non-hydrogen) atoms. The second-order valence-corrected chi connectivity index (χ2v) is 7.00. The van der Waals surface area contributed by atoms with Gasteiger partial charge in [-0.15, -0.1) is 0 Å². The molecule has 5 nitrogen and oxygen atoms in total. The quantitative estimate of drug-likeness (QED) is 0.724. The Morgan fingerprint density at radius 3 is 2.35 bits per heavy atom. The molecule has 5 heteroatoms. The van der Waals surface area contributed by atoms with Gasteiger partial charge in [-0.25, -0.2) is 0 Å². The van der Waals surface area contributed by atoms with Gasteiger partial charge in [0.25, 0.3) is 0 Å². The fourth-order valence-electron chi connectivity index (χ4n) is 3.07. The standard InChI is InChI=1S/C21H24N2O3/c1-14-8-11-18(12-15(14)2)23-20(25)19(24)22-13-21(26,17-9-10-17)16-6-4-3-5-7-16/h3-8,11-12,17,26H,9-10,13H2,1-2H3,(H,22,24)(H,23,25). The van der Waals surface area contributed by atoms with E-state index >= 15 is 0 Å². The van der Waals surface area contributed by atoms with E-state index in [1.54, 1.807) is 6.07 Å². The van der Waals surface area contributed by atoms with Gasteiger partial charge in [0.05, 0.1) is 6.54 Å².